The van der Waals surface area contributed by atoms with Crippen LogP contribution in [0.3, 0.4) is 0 Å². The molecule has 1 N–H and O–H groups in total. The van der Waals surface area contributed by atoms with Gasteiger partial charge in [0.15, 0.2) is 5.82 Å². The predicted molar refractivity (Wildman–Crippen MR) is 79.2 cm³/mol. The number of piperidine rings is 1. The maximum Gasteiger partial charge on any atom is 0.326 e. The van der Waals surface area contributed by atoms with Gasteiger partial charge in [-0.05, 0) is 29.7 Å². The zero-order valence-electron chi connectivity index (χ0n) is 11.5. The lowest BCUT2D eigenvalue weighted by Gasteiger charge is -2.44. The Balaban J connectivity index is 2.11. The molecule has 20 heavy (non-hydrogen) atoms. The molecule has 0 aromatic carbocycles. The Kier molecular flexibility index (Phi) is 3.12. The molecule has 1 unspecified atom stereocenters. The predicted octanol–water partition coefficient (Wildman–Crippen LogP) is 2.77. The summed E-state index contributed by atoms with van der Waals surface area (Å²) in [5.74, 6) is -0.0248. The normalized spacial score (nSPS) is 22.1. The molecule has 2 aromatic heterocycles. The fourth-order valence-electron chi connectivity index (χ4n) is 3.07. The van der Waals surface area contributed by atoms with Gasteiger partial charge in [-0.2, -0.15) is 0 Å². The van der Waals surface area contributed by atoms with Crippen molar-refractivity contribution in [2.24, 2.45) is 5.41 Å². The third kappa shape index (κ3) is 2.04. The van der Waals surface area contributed by atoms with Crippen molar-refractivity contribution in [1.82, 2.24) is 9.97 Å². The van der Waals surface area contributed by atoms with Crippen LogP contribution >= 0.6 is 11.3 Å². The Labute approximate surface area is 121 Å². The van der Waals surface area contributed by atoms with Gasteiger partial charge < -0.3 is 10.0 Å². The summed E-state index contributed by atoms with van der Waals surface area (Å²) in [6, 6.07) is 1.40. The van der Waals surface area contributed by atoms with Crippen LogP contribution < -0.4 is 4.90 Å². The second kappa shape index (κ2) is 4.70. The first-order valence-electron chi connectivity index (χ1n) is 6.68. The molecule has 2 aromatic rings. The number of thiophene rings is 1. The Bertz CT molecular complexity index is 653. The van der Waals surface area contributed by atoms with E-state index in [-0.39, 0.29) is 5.41 Å². The maximum atomic E-state index is 11.7. The number of rotatable bonds is 2. The van der Waals surface area contributed by atoms with Gasteiger partial charge in [-0.25, -0.2) is 14.8 Å². The average molecular weight is 291 g/mol. The largest absolute Gasteiger partial charge is 0.480 e. The van der Waals surface area contributed by atoms with Gasteiger partial charge in [-0.3, -0.25) is 0 Å². The Morgan fingerprint density at radius 1 is 1.50 bits per heavy atom. The molecular formula is C14H17N3O2S. The molecule has 1 aliphatic rings. The van der Waals surface area contributed by atoms with E-state index in [1.54, 1.807) is 11.3 Å². The molecule has 1 aliphatic heterocycles. The summed E-state index contributed by atoms with van der Waals surface area (Å²) in [4.78, 5) is 22.3. The molecule has 0 aliphatic carbocycles. The second-order valence-corrected chi connectivity index (χ2v) is 6.77. The summed E-state index contributed by atoms with van der Waals surface area (Å²) < 4.78 is 0.969. The van der Waals surface area contributed by atoms with Gasteiger partial charge in [-0.15, -0.1) is 11.3 Å². The number of anilines is 1. The molecule has 0 radical (unpaired) electrons. The maximum absolute atomic E-state index is 11.7. The van der Waals surface area contributed by atoms with Crippen LogP contribution in [0.15, 0.2) is 17.8 Å². The van der Waals surface area contributed by atoms with Crippen molar-refractivity contribution in [2.75, 3.05) is 11.4 Å². The van der Waals surface area contributed by atoms with Crippen LogP contribution in [-0.4, -0.2) is 33.6 Å². The Morgan fingerprint density at radius 3 is 3.05 bits per heavy atom. The van der Waals surface area contributed by atoms with E-state index in [1.807, 2.05) is 30.2 Å². The number of carbonyl (C=O) groups is 1. The molecule has 6 heteroatoms. The monoisotopic (exact) mass is 291 g/mol. The highest BCUT2D eigenvalue weighted by atomic mass is 32.1. The molecule has 0 spiro atoms. The number of aromatic nitrogens is 2. The van der Waals surface area contributed by atoms with Crippen LogP contribution in [0.4, 0.5) is 5.82 Å². The summed E-state index contributed by atoms with van der Waals surface area (Å²) in [5, 5.41) is 11.6. The van der Waals surface area contributed by atoms with E-state index in [1.165, 1.54) is 6.33 Å². The van der Waals surface area contributed by atoms with Gasteiger partial charge in [0.05, 0.1) is 10.2 Å². The fourth-order valence-corrected chi connectivity index (χ4v) is 3.92. The highest BCUT2D eigenvalue weighted by Crippen LogP contribution is 2.39. The first-order valence-corrected chi connectivity index (χ1v) is 7.56. The van der Waals surface area contributed by atoms with Crippen LogP contribution in [0.25, 0.3) is 10.2 Å². The molecule has 0 bridgehead atoms. The summed E-state index contributed by atoms with van der Waals surface area (Å²) in [5.41, 5.74) is 0.617. The molecular weight excluding hydrogens is 274 g/mol. The van der Waals surface area contributed by atoms with Crippen LogP contribution in [0, 0.1) is 5.41 Å². The Hall–Kier alpha value is -1.69. The quantitative estimate of drug-likeness (QED) is 0.921. The molecule has 1 fully saturated rings. The number of aliphatic carboxylic acids is 1. The molecule has 1 saturated heterocycles. The fraction of sp³-hybridized carbons (Fsp3) is 0.500. The van der Waals surface area contributed by atoms with E-state index < -0.39 is 12.0 Å². The summed E-state index contributed by atoms with van der Waals surface area (Å²) in [7, 11) is 0. The zero-order valence-corrected chi connectivity index (χ0v) is 12.4. The minimum absolute atomic E-state index is 0.265. The van der Waals surface area contributed by atoms with E-state index in [0.29, 0.717) is 0 Å². The number of hydrogen-bond acceptors (Lipinski definition) is 5. The van der Waals surface area contributed by atoms with E-state index in [9.17, 15) is 9.90 Å². The summed E-state index contributed by atoms with van der Waals surface area (Å²) >= 11 is 1.56. The van der Waals surface area contributed by atoms with E-state index in [4.69, 9.17) is 0 Å². The van der Waals surface area contributed by atoms with E-state index in [0.717, 1.165) is 35.4 Å². The molecule has 106 valence electrons. The third-order valence-electron chi connectivity index (χ3n) is 4.00. The number of carboxylic acids is 1. The van der Waals surface area contributed by atoms with Gasteiger partial charge in [0.1, 0.15) is 12.4 Å². The average Bonchev–Trinajstić information content (AvgIpc) is 2.84. The molecule has 3 heterocycles. The van der Waals surface area contributed by atoms with Gasteiger partial charge >= 0.3 is 5.97 Å². The lowest BCUT2D eigenvalue weighted by atomic mass is 9.76. The molecule has 5 nitrogen and oxygen atoms in total. The summed E-state index contributed by atoms with van der Waals surface area (Å²) in [6.45, 7) is 4.76. The van der Waals surface area contributed by atoms with Crippen molar-refractivity contribution in [3.63, 3.8) is 0 Å². The number of nitrogens with zero attached hydrogens (tertiary/aromatic N) is 3. The van der Waals surface area contributed by atoms with Gasteiger partial charge in [0.25, 0.3) is 0 Å². The SMILES string of the molecule is CC1(C)CCCN(c2ncnc3ccsc23)C1C(=O)O. The lowest BCUT2D eigenvalue weighted by molar-refractivity contribution is -0.142. The van der Waals surface area contributed by atoms with Crippen molar-refractivity contribution in [1.29, 1.82) is 0 Å². The van der Waals surface area contributed by atoms with Crippen LogP contribution in [0.1, 0.15) is 26.7 Å². The number of fused-ring (bicyclic) bond motifs is 1. The number of hydrogen-bond donors (Lipinski definition) is 1. The van der Waals surface area contributed by atoms with E-state index in [2.05, 4.69) is 9.97 Å². The molecule has 3 rings (SSSR count). The topological polar surface area (TPSA) is 66.3 Å². The molecule has 1 atom stereocenters. The van der Waals surface area contributed by atoms with Gasteiger partial charge in [0.2, 0.25) is 0 Å². The lowest BCUT2D eigenvalue weighted by Crippen LogP contribution is -2.54. The minimum atomic E-state index is -0.780. The van der Waals surface area contributed by atoms with Gasteiger partial charge in [0, 0.05) is 6.54 Å². The standard InChI is InChI=1S/C14H17N3O2S/c1-14(2)5-3-6-17(11(14)13(18)19)12-10-9(4-7-20-10)15-8-16-12/h4,7-8,11H,3,5-6H2,1-2H3,(H,18,19). The highest BCUT2D eigenvalue weighted by Gasteiger charge is 2.43. The first kappa shape index (κ1) is 13.3. The molecule has 0 amide bonds. The third-order valence-corrected chi connectivity index (χ3v) is 4.90. The Morgan fingerprint density at radius 2 is 2.30 bits per heavy atom. The van der Waals surface area contributed by atoms with E-state index >= 15 is 0 Å². The second-order valence-electron chi connectivity index (χ2n) is 5.86. The van der Waals surface area contributed by atoms with Crippen molar-refractivity contribution in [3.05, 3.63) is 17.8 Å². The smallest absolute Gasteiger partial charge is 0.326 e. The first-order chi connectivity index (χ1) is 9.50. The van der Waals surface area contributed by atoms with Crippen molar-refractivity contribution >= 4 is 33.3 Å². The van der Waals surface area contributed by atoms with Crippen molar-refractivity contribution in [2.45, 2.75) is 32.7 Å². The summed E-state index contributed by atoms with van der Waals surface area (Å²) in [6.07, 6.45) is 3.41. The highest BCUT2D eigenvalue weighted by molar-refractivity contribution is 7.17. The van der Waals surface area contributed by atoms with Crippen LogP contribution in [0.5, 0.6) is 0 Å². The van der Waals surface area contributed by atoms with Crippen molar-refractivity contribution in [3.8, 4) is 0 Å². The number of carboxylic acid groups (broad SMARTS) is 1. The molecule has 0 saturated carbocycles. The van der Waals surface area contributed by atoms with Crippen molar-refractivity contribution < 1.29 is 9.90 Å². The van der Waals surface area contributed by atoms with Crippen LogP contribution in [0.2, 0.25) is 0 Å². The van der Waals surface area contributed by atoms with Gasteiger partial charge in [-0.1, -0.05) is 13.8 Å². The zero-order chi connectivity index (χ0) is 14.3. The minimum Gasteiger partial charge on any atom is -0.480 e. The van der Waals surface area contributed by atoms with Crippen LogP contribution in [-0.2, 0) is 4.79 Å².